The Hall–Kier alpha value is -4.07. The van der Waals surface area contributed by atoms with Crippen molar-refractivity contribution < 1.29 is 28.6 Å². The minimum absolute atomic E-state index is 0.0260. The molecule has 0 bridgehead atoms. The van der Waals surface area contributed by atoms with Gasteiger partial charge in [-0.1, -0.05) is 6.07 Å². The number of rotatable bonds is 4. The molecule has 3 aromatic rings. The number of ketones is 1. The molecule has 2 aliphatic rings. The number of likely N-dealkylation sites (tertiary alicyclic amines) is 1. The number of hydrogen-bond acceptors (Lipinski definition) is 7. The van der Waals surface area contributed by atoms with Gasteiger partial charge in [-0.3, -0.25) is 14.6 Å². The third kappa shape index (κ3) is 2.89. The number of ether oxygens (including phenoxy) is 2. The van der Waals surface area contributed by atoms with E-state index >= 15 is 0 Å². The van der Waals surface area contributed by atoms with Crippen LogP contribution in [-0.2, 0) is 16.1 Å². The van der Waals surface area contributed by atoms with Crippen molar-refractivity contribution in [2.24, 2.45) is 0 Å². The standard InChI is InChI=1S/C22H16N2O6/c25-20(14-5-7-23-8-6-14)18-19(16-2-1-9-28-16)24(22(27)21(18)26)11-13-3-4-15-17(10-13)30-12-29-15/h1-10,19,25H,11-12H2/b20-18-. The van der Waals surface area contributed by atoms with Crippen LogP contribution in [-0.4, -0.2) is 33.5 Å². The lowest BCUT2D eigenvalue weighted by molar-refractivity contribution is -0.140. The van der Waals surface area contributed by atoms with Crippen LogP contribution in [0.4, 0.5) is 0 Å². The maximum Gasteiger partial charge on any atom is 0.296 e. The highest BCUT2D eigenvalue weighted by molar-refractivity contribution is 6.46. The number of amides is 1. The van der Waals surface area contributed by atoms with Crippen molar-refractivity contribution >= 4 is 17.4 Å². The van der Waals surface area contributed by atoms with Crippen LogP contribution < -0.4 is 9.47 Å². The van der Waals surface area contributed by atoms with Gasteiger partial charge in [0, 0.05) is 24.5 Å². The van der Waals surface area contributed by atoms with Crippen molar-refractivity contribution in [1.29, 1.82) is 0 Å². The molecule has 0 radical (unpaired) electrons. The van der Waals surface area contributed by atoms with Gasteiger partial charge in [0.2, 0.25) is 6.79 Å². The highest BCUT2D eigenvalue weighted by atomic mass is 16.7. The van der Waals surface area contributed by atoms with Crippen LogP contribution in [0.1, 0.15) is 22.9 Å². The maximum absolute atomic E-state index is 12.9. The van der Waals surface area contributed by atoms with E-state index in [-0.39, 0.29) is 24.7 Å². The molecule has 1 fully saturated rings. The van der Waals surface area contributed by atoms with Gasteiger partial charge in [-0.15, -0.1) is 0 Å². The minimum atomic E-state index is -0.862. The molecule has 1 saturated heterocycles. The Morgan fingerprint density at radius 1 is 1.10 bits per heavy atom. The van der Waals surface area contributed by atoms with Gasteiger partial charge in [-0.05, 0) is 42.0 Å². The first-order valence-electron chi connectivity index (χ1n) is 9.24. The Balaban J connectivity index is 1.58. The summed E-state index contributed by atoms with van der Waals surface area (Å²) in [6, 6.07) is 10.9. The average Bonchev–Trinajstić information content (AvgIpc) is 3.50. The van der Waals surface area contributed by atoms with Crippen molar-refractivity contribution in [2.45, 2.75) is 12.6 Å². The summed E-state index contributed by atoms with van der Waals surface area (Å²) in [5, 5.41) is 10.9. The fourth-order valence-electron chi connectivity index (χ4n) is 3.69. The summed E-state index contributed by atoms with van der Waals surface area (Å²) in [6.07, 6.45) is 4.46. The third-order valence-electron chi connectivity index (χ3n) is 5.10. The molecule has 1 N–H and O–H groups in total. The number of hydrogen-bond donors (Lipinski definition) is 1. The van der Waals surface area contributed by atoms with Crippen LogP contribution in [0.15, 0.2) is 71.1 Å². The molecule has 4 heterocycles. The van der Waals surface area contributed by atoms with Gasteiger partial charge in [0.1, 0.15) is 17.6 Å². The van der Waals surface area contributed by atoms with Crippen LogP contribution in [0.2, 0.25) is 0 Å². The van der Waals surface area contributed by atoms with E-state index < -0.39 is 17.7 Å². The number of aliphatic hydroxyl groups excluding tert-OH is 1. The SMILES string of the molecule is O=C1C(=O)N(Cc2ccc3c(c2)OCO3)C(c2ccco2)/C1=C(/O)c1ccncc1. The summed E-state index contributed by atoms with van der Waals surface area (Å²) in [5.74, 6) is -0.177. The molecular weight excluding hydrogens is 388 g/mol. The molecule has 1 atom stereocenters. The second kappa shape index (κ2) is 7.07. The van der Waals surface area contributed by atoms with Crippen molar-refractivity contribution in [3.05, 3.63) is 83.6 Å². The van der Waals surface area contributed by atoms with Gasteiger partial charge in [0.05, 0.1) is 11.8 Å². The normalized spacial score (nSPS) is 19.5. The Morgan fingerprint density at radius 3 is 2.67 bits per heavy atom. The van der Waals surface area contributed by atoms with E-state index in [0.29, 0.717) is 22.8 Å². The zero-order valence-corrected chi connectivity index (χ0v) is 15.6. The van der Waals surface area contributed by atoms with Crippen molar-refractivity contribution in [2.75, 3.05) is 6.79 Å². The fraction of sp³-hybridized carbons (Fsp3) is 0.136. The predicted octanol–water partition coefficient (Wildman–Crippen LogP) is 3.03. The second-order valence-electron chi connectivity index (χ2n) is 6.87. The zero-order chi connectivity index (χ0) is 20.7. The lowest BCUT2D eigenvalue weighted by atomic mass is 9.99. The number of Topliss-reactive ketones (excluding diaryl/α,β-unsaturated/α-hetero) is 1. The lowest BCUT2D eigenvalue weighted by Gasteiger charge is -2.23. The monoisotopic (exact) mass is 404 g/mol. The van der Waals surface area contributed by atoms with Crippen LogP contribution in [0.5, 0.6) is 11.5 Å². The molecule has 1 unspecified atom stereocenters. The predicted molar refractivity (Wildman–Crippen MR) is 103 cm³/mol. The van der Waals surface area contributed by atoms with Gasteiger partial charge in [0.25, 0.3) is 11.7 Å². The Labute approximate surface area is 171 Å². The van der Waals surface area contributed by atoms with E-state index in [1.807, 2.05) is 0 Å². The lowest BCUT2D eigenvalue weighted by Crippen LogP contribution is -2.29. The molecule has 5 rings (SSSR count). The van der Waals surface area contributed by atoms with Crippen LogP contribution >= 0.6 is 0 Å². The first-order chi connectivity index (χ1) is 14.6. The number of carbonyl (C=O) groups excluding carboxylic acids is 2. The van der Waals surface area contributed by atoms with Gasteiger partial charge in [-0.2, -0.15) is 0 Å². The van der Waals surface area contributed by atoms with Gasteiger partial charge in [-0.25, -0.2) is 0 Å². The Bertz CT molecular complexity index is 1150. The van der Waals surface area contributed by atoms with E-state index in [1.165, 1.54) is 23.6 Å². The average molecular weight is 404 g/mol. The molecule has 1 aromatic carbocycles. The summed E-state index contributed by atoms with van der Waals surface area (Å²) in [7, 11) is 0. The fourth-order valence-corrected chi connectivity index (χ4v) is 3.69. The van der Waals surface area contributed by atoms with Crippen LogP contribution in [0.3, 0.4) is 0 Å². The third-order valence-corrected chi connectivity index (χ3v) is 5.10. The largest absolute Gasteiger partial charge is 0.507 e. The minimum Gasteiger partial charge on any atom is -0.507 e. The first-order valence-corrected chi connectivity index (χ1v) is 9.24. The number of furan rings is 1. The topological polar surface area (TPSA) is 102 Å². The molecule has 8 nitrogen and oxygen atoms in total. The van der Waals surface area contributed by atoms with E-state index in [4.69, 9.17) is 13.9 Å². The highest BCUT2D eigenvalue weighted by Gasteiger charge is 2.47. The van der Waals surface area contributed by atoms with Crippen LogP contribution in [0, 0.1) is 0 Å². The highest BCUT2D eigenvalue weighted by Crippen LogP contribution is 2.41. The Kier molecular flexibility index (Phi) is 4.24. The van der Waals surface area contributed by atoms with E-state index in [2.05, 4.69) is 4.98 Å². The van der Waals surface area contributed by atoms with Crippen LogP contribution in [0.25, 0.3) is 5.76 Å². The number of aliphatic hydroxyl groups is 1. The second-order valence-corrected chi connectivity index (χ2v) is 6.87. The molecule has 0 spiro atoms. The quantitative estimate of drug-likeness (QED) is 0.405. The molecule has 150 valence electrons. The Morgan fingerprint density at radius 2 is 1.90 bits per heavy atom. The molecular formula is C22H16N2O6. The van der Waals surface area contributed by atoms with E-state index in [0.717, 1.165) is 5.56 Å². The molecule has 1 amide bonds. The maximum atomic E-state index is 12.9. The number of carbonyl (C=O) groups is 2. The number of pyridine rings is 1. The van der Waals surface area contributed by atoms with Gasteiger partial charge >= 0.3 is 0 Å². The van der Waals surface area contributed by atoms with E-state index in [1.54, 1.807) is 42.5 Å². The van der Waals surface area contributed by atoms with E-state index in [9.17, 15) is 14.7 Å². The van der Waals surface area contributed by atoms with Crippen molar-refractivity contribution in [3.8, 4) is 11.5 Å². The molecule has 2 aromatic heterocycles. The molecule has 8 heteroatoms. The summed E-state index contributed by atoms with van der Waals surface area (Å²) >= 11 is 0. The van der Waals surface area contributed by atoms with Gasteiger partial charge < -0.3 is 23.9 Å². The van der Waals surface area contributed by atoms with Crippen molar-refractivity contribution in [3.63, 3.8) is 0 Å². The van der Waals surface area contributed by atoms with Gasteiger partial charge in [0.15, 0.2) is 11.5 Å². The summed E-state index contributed by atoms with van der Waals surface area (Å²) in [5.41, 5.74) is 1.12. The smallest absolute Gasteiger partial charge is 0.296 e. The number of aromatic nitrogens is 1. The molecule has 0 saturated carbocycles. The summed E-state index contributed by atoms with van der Waals surface area (Å²) in [4.78, 5) is 31.1. The number of nitrogens with zero attached hydrogens (tertiary/aromatic N) is 2. The number of fused-ring (bicyclic) bond motifs is 1. The summed E-state index contributed by atoms with van der Waals surface area (Å²) in [6.45, 7) is 0.265. The first kappa shape index (κ1) is 18.0. The zero-order valence-electron chi connectivity index (χ0n) is 15.6. The molecule has 30 heavy (non-hydrogen) atoms. The molecule has 0 aliphatic carbocycles. The van der Waals surface area contributed by atoms with Crippen molar-refractivity contribution in [1.82, 2.24) is 9.88 Å². The summed E-state index contributed by atoms with van der Waals surface area (Å²) < 4.78 is 16.2. The number of benzene rings is 1. The molecule has 2 aliphatic heterocycles.